The largest absolute Gasteiger partial charge is 0.346 e. The van der Waals surface area contributed by atoms with Gasteiger partial charge >= 0.3 is 15.9 Å². The summed E-state index contributed by atoms with van der Waals surface area (Å²) < 4.78 is 30.2. The predicted molar refractivity (Wildman–Crippen MR) is 106 cm³/mol. The normalized spacial score (nSPS) is 15.6. The molecule has 1 saturated carbocycles. The molecule has 0 unspecified atom stereocenters. The van der Waals surface area contributed by atoms with Gasteiger partial charge in [-0.1, -0.05) is 18.2 Å². The highest BCUT2D eigenvalue weighted by atomic mass is 32.2. The van der Waals surface area contributed by atoms with Crippen LogP contribution >= 0.6 is 0 Å². The molecule has 146 valence electrons. The summed E-state index contributed by atoms with van der Waals surface area (Å²) in [7, 11) is -4.16. The summed E-state index contributed by atoms with van der Waals surface area (Å²) in [6.07, 6.45) is 3.37. The van der Waals surface area contributed by atoms with E-state index in [1.807, 2.05) is 6.07 Å². The molecule has 2 heterocycles. The van der Waals surface area contributed by atoms with Gasteiger partial charge in [-0.3, -0.25) is 14.3 Å². The molecule has 9 heteroatoms. The number of rotatable bonds is 6. The molecule has 4 rings (SSSR count). The summed E-state index contributed by atoms with van der Waals surface area (Å²) >= 11 is 0. The molecule has 1 aliphatic rings. The van der Waals surface area contributed by atoms with Crippen LogP contribution in [0.25, 0.3) is 10.9 Å². The Morgan fingerprint density at radius 2 is 1.82 bits per heavy atom. The van der Waals surface area contributed by atoms with E-state index in [-0.39, 0.29) is 17.4 Å². The van der Waals surface area contributed by atoms with Crippen LogP contribution in [0.3, 0.4) is 0 Å². The molecule has 0 amide bonds. The van der Waals surface area contributed by atoms with E-state index >= 15 is 0 Å². The molecule has 8 nitrogen and oxygen atoms in total. The third-order valence-corrected chi connectivity index (χ3v) is 6.52. The highest BCUT2D eigenvalue weighted by molar-refractivity contribution is 7.88. The fourth-order valence-electron chi connectivity index (χ4n) is 3.12. The quantitative estimate of drug-likeness (QED) is 0.666. The smallest absolute Gasteiger partial charge is 0.268 e. The van der Waals surface area contributed by atoms with E-state index in [2.05, 4.69) is 9.71 Å². The second-order valence-corrected chi connectivity index (χ2v) is 8.78. The van der Waals surface area contributed by atoms with Crippen LogP contribution in [0.4, 0.5) is 0 Å². The summed E-state index contributed by atoms with van der Waals surface area (Å²) in [5.41, 5.74) is -1.16. The molecule has 1 fully saturated rings. The van der Waals surface area contributed by atoms with E-state index in [1.165, 1.54) is 12.1 Å². The number of aromatic nitrogens is 3. The van der Waals surface area contributed by atoms with Gasteiger partial charge in [-0.15, -0.1) is 0 Å². The SMILES string of the molecule is CC1(NS(=O)(=O)n2c(=O)n(CCc3ccccn3)c(=O)c3ccccc32)CC1. The number of aryl methyl sites for hydroxylation is 1. The molecule has 1 aliphatic carbocycles. The second-order valence-electron chi connectivity index (χ2n) is 7.26. The van der Waals surface area contributed by atoms with Gasteiger partial charge in [-0.25, -0.2) is 4.79 Å². The number of pyridine rings is 1. The minimum absolute atomic E-state index is 0.0340. The highest BCUT2D eigenvalue weighted by Gasteiger charge is 2.42. The highest BCUT2D eigenvalue weighted by Crippen LogP contribution is 2.35. The first-order valence-electron chi connectivity index (χ1n) is 9.00. The second kappa shape index (κ2) is 6.68. The molecule has 0 bridgehead atoms. The van der Waals surface area contributed by atoms with Gasteiger partial charge in [-0.2, -0.15) is 17.1 Å². The molecular formula is C19H20N4O4S. The Morgan fingerprint density at radius 1 is 1.11 bits per heavy atom. The van der Waals surface area contributed by atoms with Gasteiger partial charge in [0.25, 0.3) is 5.56 Å². The number of hydrogen-bond donors (Lipinski definition) is 1. The molecule has 1 N–H and O–H groups in total. The van der Waals surface area contributed by atoms with Gasteiger partial charge in [-0.05, 0) is 44.0 Å². The first-order valence-corrected chi connectivity index (χ1v) is 10.4. The van der Waals surface area contributed by atoms with Crippen LogP contribution in [0.5, 0.6) is 0 Å². The monoisotopic (exact) mass is 400 g/mol. The van der Waals surface area contributed by atoms with Gasteiger partial charge in [0.1, 0.15) is 0 Å². The van der Waals surface area contributed by atoms with Crippen molar-refractivity contribution in [2.75, 3.05) is 0 Å². The minimum Gasteiger partial charge on any atom is -0.268 e. The first-order chi connectivity index (χ1) is 13.3. The molecule has 0 radical (unpaired) electrons. The topological polar surface area (TPSA) is 103 Å². The zero-order chi connectivity index (χ0) is 19.9. The minimum atomic E-state index is -4.16. The van der Waals surface area contributed by atoms with Crippen molar-refractivity contribution in [3.8, 4) is 0 Å². The Morgan fingerprint density at radius 3 is 2.50 bits per heavy atom. The lowest BCUT2D eigenvalue weighted by molar-refractivity contribution is 0.540. The molecule has 0 spiro atoms. The Bertz CT molecular complexity index is 1260. The third kappa shape index (κ3) is 3.38. The van der Waals surface area contributed by atoms with Crippen molar-refractivity contribution in [3.05, 3.63) is 75.2 Å². The average Bonchev–Trinajstić information content (AvgIpc) is 3.38. The maximum absolute atomic E-state index is 13.1. The Kier molecular flexibility index (Phi) is 4.43. The van der Waals surface area contributed by atoms with Gasteiger partial charge in [0.05, 0.1) is 10.9 Å². The van der Waals surface area contributed by atoms with E-state index in [0.29, 0.717) is 28.9 Å². The Hall–Kier alpha value is -2.78. The van der Waals surface area contributed by atoms with E-state index < -0.39 is 27.0 Å². The van der Waals surface area contributed by atoms with E-state index in [1.54, 1.807) is 37.4 Å². The number of benzene rings is 1. The molecule has 2 aromatic heterocycles. The number of fused-ring (bicyclic) bond motifs is 1. The summed E-state index contributed by atoms with van der Waals surface area (Å²) in [6, 6.07) is 11.6. The molecule has 0 atom stereocenters. The van der Waals surface area contributed by atoms with Crippen LogP contribution in [-0.2, 0) is 23.2 Å². The third-order valence-electron chi connectivity index (χ3n) is 4.94. The zero-order valence-electron chi connectivity index (χ0n) is 15.3. The van der Waals surface area contributed by atoms with Crippen molar-refractivity contribution in [1.82, 2.24) is 18.2 Å². The molecule has 3 aromatic rings. The standard InChI is InChI=1S/C19H20N4O4S/c1-19(10-11-19)21-28(26,27)23-16-8-3-2-7-15(16)17(24)22(18(23)25)13-9-14-6-4-5-12-20-14/h2-8,12,21H,9-11,13H2,1H3. The molecule has 28 heavy (non-hydrogen) atoms. The maximum atomic E-state index is 13.1. The van der Waals surface area contributed by atoms with Crippen LogP contribution in [0, 0.1) is 0 Å². The summed E-state index contributed by atoms with van der Waals surface area (Å²) in [5, 5.41) is 0.175. The Labute approximate surface area is 161 Å². The van der Waals surface area contributed by atoms with Crippen molar-refractivity contribution in [2.24, 2.45) is 0 Å². The van der Waals surface area contributed by atoms with Crippen LogP contribution < -0.4 is 16.0 Å². The van der Waals surface area contributed by atoms with Gasteiger partial charge in [0.2, 0.25) is 0 Å². The van der Waals surface area contributed by atoms with Crippen molar-refractivity contribution < 1.29 is 8.42 Å². The van der Waals surface area contributed by atoms with Crippen LogP contribution in [0.15, 0.2) is 58.3 Å². The summed E-state index contributed by atoms with van der Waals surface area (Å²) in [6.45, 7) is 1.82. The molecule has 1 aromatic carbocycles. The lowest BCUT2D eigenvalue weighted by Gasteiger charge is -2.17. The molecule has 0 saturated heterocycles. The van der Waals surface area contributed by atoms with Crippen LogP contribution in [0.2, 0.25) is 0 Å². The van der Waals surface area contributed by atoms with Gasteiger partial charge < -0.3 is 0 Å². The first kappa shape index (κ1) is 18.6. The number of hydrogen-bond acceptors (Lipinski definition) is 5. The zero-order valence-corrected chi connectivity index (χ0v) is 16.1. The van der Waals surface area contributed by atoms with Crippen LogP contribution in [-0.4, -0.2) is 27.5 Å². The summed E-state index contributed by atoms with van der Waals surface area (Å²) in [4.78, 5) is 30.1. The van der Waals surface area contributed by atoms with Crippen molar-refractivity contribution in [3.63, 3.8) is 0 Å². The average molecular weight is 400 g/mol. The number of para-hydroxylation sites is 1. The van der Waals surface area contributed by atoms with E-state index in [9.17, 15) is 18.0 Å². The van der Waals surface area contributed by atoms with E-state index in [0.717, 1.165) is 4.57 Å². The fourth-order valence-corrected chi connectivity index (χ4v) is 4.77. The number of nitrogens with one attached hydrogen (secondary N) is 1. The predicted octanol–water partition coefficient (Wildman–Crippen LogP) is 1.04. The Balaban J connectivity index is 1.87. The van der Waals surface area contributed by atoms with Crippen molar-refractivity contribution >= 4 is 21.1 Å². The van der Waals surface area contributed by atoms with Crippen molar-refractivity contribution in [1.29, 1.82) is 0 Å². The van der Waals surface area contributed by atoms with Gasteiger partial charge in [0, 0.05) is 30.4 Å². The molecule has 0 aliphatic heterocycles. The van der Waals surface area contributed by atoms with Crippen molar-refractivity contribution in [2.45, 2.75) is 38.3 Å². The van der Waals surface area contributed by atoms with Crippen LogP contribution in [0.1, 0.15) is 25.5 Å². The fraction of sp³-hybridized carbons (Fsp3) is 0.316. The molecular weight excluding hydrogens is 380 g/mol. The lowest BCUT2D eigenvalue weighted by Crippen LogP contribution is -2.48. The number of nitrogens with zero attached hydrogens (tertiary/aromatic N) is 3. The summed E-state index contributed by atoms with van der Waals surface area (Å²) in [5.74, 6) is 0. The lowest BCUT2D eigenvalue weighted by atomic mass is 10.2. The van der Waals surface area contributed by atoms with Gasteiger partial charge in [0.15, 0.2) is 0 Å². The van der Waals surface area contributed by atoms with E-state index in [4.69, 9.17) is 0 Å². The maximum Gasteiger partial charge on any atom is 0.346 e.